The summed E-state index contributed by atoms with van der Waals surface area (Å²) in [6.45, 7) is 7.17. The molecule has 0 amide bonds. The molecule has 0 bridgehead atoms. The van der Waals surface area contributed by atoms with Crippen LogP contribution in [0.4, 0.5) is 5.69 Å². The Labute approximate surface area is 117 Å². The van der Waals surface area contributed by atoms with Gasteiger partial charge < -0.3 is 10.2 Å². The summed E-state index contributed by atoms with van der Waals surface area (Å²) >= 11 is 0. The van der Waals surface area contributed by atoms with Gasteiger partial charge in [0.1, 0.15) is 5.54 Å². The zero-order valence-corrected chi connectivity index (χ0v) is 12.7. The van der Waals surface area contributed by atoms with Gasteiger partial charge in [-0.3, -0.25) is 0 Å². The molecule has 0 aliphatic rings. The van der Waals surface area contributed by atoms with Gasteiger partial charge in [0.2, 0.25) is 0 Å². The Morgan fingerprint density at radius 2 is 2.05 bits per heavy atom. The third kappa shape index (κ3) is 4.25. The molecule has 0 spiro atoms. The molecule has 0 saturated heterocycles. The molecule has 3 heteroatoms. The molecule has 3 nitrogen and oxygen atoms in total. The highest BCUT2D eigenvalue weighted by atomic mass is 15.1. The van der Waals surface area contributed by atoms with E-state index in [1.165, 1.54) is 16.8 Å². The Morgan fingerprint density at radius 3 is 2.58 bits per heavy atom. The average molecular weight is 259 g/mol. The van der Waals surface area contributed by atoms with Gasteiger partial charge in [-0.2, -0.15) is 5.26 Å². The van der Waals surface area contributed by atoms with Crippen molar-refractivity contribution in [3.05, 3.63) is 29.3 Å². The van der Waals surface area contributed by atoms with Crippen LogP contribution < -0.4 is 10.2 Å². The third-order valence-electron chi connectivity index (χ3n) is 3.73. The molecular formula is C16H25N3. The standard InChI is InChI=1S/C16H25N3/c1-13-7-8-15(14(2)11-13)19(5)10-6-9-16(3,12-17)18-4/h7-8,11,18H,6,9-10H2,1-5H3. The van der Waals surface area contributed by atoms with Crippen LogP contribution in [0.3, 0.4) is 0 Å². The fourth-order valence-electron chi connectivity index (χ4n) is 2.26. The first kappa shape index (κ1) is 15.5. The third-order valence-corrected chi connectivity index (χ3v) is 3.73. The maximum Gasteiger partial charge on any atom is 0.103 e. The van der Waals surface area contributed by atoms with E-state index >= 15 is 0 Å². The molecule has 1 rings (SSSR count). The van der Waals surface area contributed by atoms with Crippen molar-refractivity contribution >= 4 is 5.69 Å². The van der Waals surface area contributed by atoms with Crippen molar-refractivity contribution in [1.82, 2.24) is 5.32 Å². The molecule has 19 heavy (non-hydrogen) atoms. The van der Waals surface area contributed by atoms with Crippen LogP contribution in [0.1, 0.15) is 30.9 Å². The van der Waals surface area contributed by atoms with Crippen LogP contribution in [0.2, 0.25) is 0 Å². The lowest BCUT2D eigenvalue weighted by Crippen LogP contribution is -2.38. The van der Waals surface area contributed by atoms with Gasteiger partial charge in [0.25, 0.3) is 0 Å². The Hall–Kier alpha value is -1.53. The summed E-state index contributed by atoms with van der Waals surface area (Å²) in [5, 5.41) is 12.2. The van der Waals surface area contributed by atoms with E-state index in [0.29, 0.717) is 0 Å². The quantitative estimate of drug-likeness (QED) is 0.853. The highest BCUT2D eigenvalue weighted by Crippen LogP contribution is 2.21. The monoisotopic (exact) mass is 259 g/mol. The zero-order valence-electron chi connectivity index (χ0n) is 12.7. The van der Waals surface area contributed by atoms with Gasteiger partial charge in [0.05, 0.1) is 6.07 Å². The summed E-state index contributed by atoms with van der Waals surface area (Å²) in [5.41, 5.74) is 3.46. The molecule has 0 heterocycles. The van der Waals surface area contributed by atoms with Crippen molar-refractivity contribution < 1.29 is 0 Å². The second kappa shape index (κ2) is 6.58. The Bertz CT molecular complexity index is 462. The summed E-state index contributed by atoms with van der Waals surface area (Å²) in [4.78, 5) is 2.27. The lowest BCUT2D eigenvalue weighted by atomic mass is 9.98. The number of hydrogen-bond donors (Lipinski definition) is 1. The number of anilines is 1. The highest BCUT2D eigenvalue weighted by molar-refractivity contribution is 5.53. The molecule has 0 radical (unpaired) electrons. The summed E-state index contributed by atoms with van der Waals surface area (Å²) in [5.74, 6) is 0. The largest absolute Gasteiger partial charge is 0.374 e. The molecule has 0 aliphatic carbocycles. The topological polar surface area (TPSA) is 39.1 Å². The molecular weight excluding hydrogens is 234 g/mol. The lowest BCUT2D eigenvalue weighted by molar-refractivity contribution is 0.442. The molecule has 0 aliphatic heterocycles. The van der Waals surface area contributed by atoms with Crippen LogP contribution in [0.5, 0.6) is 0 Å². The Kier molecular flexibility index (Phi) is 5.38. The number of hydrogen-bond acceptors (Lipinski definition) is 3. The van der Waals surface area contributed by atoms with Crippen LogP contribution in [-0.2, 0) is 0 Å². The first-order chi connectivity index (χ1) is 8.91. The first-order valence-electron chi connectivity index (χ1n) is 6.80. The first-order valence-corrected chi connectivity index (χ1v) is 6.80. The van der Waals surface area contributed by atoms with Crippen molar-refractivity contribution in [2.24, 2.45) is 0 Å². The molecule has 0 fully saturated rings. The van der Waals surface area contributed by atoms with Gasteiger partial charge in [-0.15, -0.1) is 0 Å². The Balaban J connectivity index is 2.57. The van der Waals surface area contributed by atoms with Crippen LogP contribution in [0.25, 0.3) is 0 Å². The second-order valence-corrected chi connectivity index (χ2v) is 5.51. The van der Waals surface area contributed by atoms with Crippen LogP contribution in [0, 0.1) is 25.2 Å². The zero-order chi connectivity index (χ0) is 14.5. The van der Waals surface area contributed by atoms with Crippen molar-refractivity contribution in [2.75, 3.05) is 25.5 Å². The maximum atomic E-state index is 9.12. The van der Waals surface area contributed by atoms with Gasteiger partial charge in [-0.1, -0.05) is 17.7 Å². The van der Waals surface area contributed by atoms with E-state index in [1.807, 2.05) is 14.0 Å². The fraction of sp³-hybridized carbons (Fsp3) is 0.562. The Morgan fingerprint density at radius 1 is 1.37 bits per heavy atom. The predicted octanol–water partition coefficient (Wildman–Crippen LogP) is 3.02. The molecule has 0 aromatic heterocycles. The molecule has 1 unspecified atom stereocenters. The molecule has 1 N–H and O–H groups in total. The van der Waals surface area contributed by atoms with Gasteiger partial charge >= 0.3 is 0 Å². The van der Waals surface area contributed by atoms with Gasteiger partial charge in [-0.05, 0) is 52.3 Å². The van der Waals surface area contributed by atoms with E-state index in [9.17, 15) is 0 Å². The summed E-state index contributed by atoms with van der Waals surface area (Å²) in [7, 11) is 3.96. The smallest absolute Gasteiger partial charge is 0.103 e. The highest BCUT2D eigenvalue weighted by Gasteiger charge is 2.20. The van der Waals surface area contributed by atoms with Crippen LogP contribution in [-0.4, -0.2) is 26.2 Å². The summed E-state index contributed by atoms with van der Waals surface area (Å²) in [6, 6.07) is 8.86. The molecule has 0 saturated carbocycles. The normalized spacial score (nSPS) is 13.7. The van der Waals surface area contributed by atoms with Gasteiger partial charge in [0.15, 0.2) is 0 Å². The number of aryl methyl sites for hydroxylation is 2. The van der Waals surface area contributed by atoms with E-state index in [0.717, 1.165) is 19.4 Å². The van der Waals surface area contributed by atoms with E-state index in [2.05, 4.69) is 55.4 Å². The van der Waals surface area contributed by atoms with Crippen molar-refractivity contribution in [1.29, 1.82) is 5.26 Å². The number of rotatable bonds is 6. The average Bonchev–Trinajstić information content (AvgIpc) is 2.38. The van der Waals surface area contributed by atoms with Crippen molar-refractivity contribution in [3.8, 4) is 6.07 Å². The molecule has 1 atom stereocenters. The van der Waals surface area contributed by atoms with E-state index < -0.39 is 5.54 Å². The maximum absolute atomic E-state index is 9.12. The van der Waals surface area contributed by atoms with Crippen molar-refractivity contribution in [3.63, 3.8) is 0 Å². The van der Waals surface area contributed by atoms with Crippen LogP contribution >= 0.6 is 0 Å². The van der Waals surface area contributed by atoms with Gasteiger partial charge in [0, 0.05) is 19.3 Å². The lowest BCUT2D eigenvalue weighted by Gasteiger charge is -2.25. The molecule has 1 aromatic rings. The number of nitrogens with one attached hydrogen (secondary N) is 1. The second-order valence-electron chi connectivity index (χ2n) is 5.51. The van der Waals surface area contributed by atoms with E-state index in [-0.39, 0.29) is 0 Å². The van der Waals surface area contributed by atoms with E-state index in [4.69, 9.17) is 5.26 Å². The molecule has 1 aromatic carbocycles. The number of nitrogens with zero attached hydrogens (tertiary/aromatic N) is 2. The van der Waals surface area contributed by atoms with E-state index in [1.54, 1.807) is 0 Å². The van der Waals surface area contributed by atoms with Gasteiger partial charge in [-0.25, -0.2) is 0 Å². The summed E-state index contributed by atoms with van der Waals surface area (Å²) in [6.07, 6.45) is 1.85. The minimum Gasteiger partial charge on any atom is -0.374 e. The van der Waals surface area contributed by atoms with Crippen molar-refractivity contribution in [2.45, 2.75) is 39.2 Å². The minimum absolute atomic E-state index is 0.414. The fourth-order valence-corrected chi connectivity index (χ4v) is 2.26. The number of benzene rings is 1. The SMILES string of the molecule is CNC(C)(C#N)CCCN(C)c1ccc(C)cc1C. The molecule has 104 valence electrons. The van der Waals surface area contributed by atoms with Crippen LogP contribution in [0.15, 0.2) is 18.2 Å². The minimum atomic E-state index is -0.414. The number of nitriles is 1. The predicted molar refractivity (Wildman–Crippen MR) is 81.5 cm³/mol. The summed E-state index contributed by atoms with van der Waals surface area (Å²) < 4.78 is 0.